The van der Waals surface area contributed by atoms with Crippen molar-refractivity contribution in [3.05, 3.63) is 24.2 Å². The molecule has 1 aliphatic rings. The molecule has 0 saturated carbocycles. The fourth-order valence-corrected chi connectivity index (χ4v) is 3.06. The molecule has 1 fully saturated rings. The second-order valence-electron chi connectivity index (χ2n) is 5.64. The van der Waals surface area contributed by atoms with Gasteiger partial charge in [-0.15, -0.1) is 24.0 Å². The van der Waals surface area contributed by atoms with Gasteiger partial charge in [0.2, 0.25) is 0 Å². The molecule has 23 heavy (non-hydrogen) atoms. The van der Waals surface area contributed by atoms with Gasteiger partial charge in [0, 0.05) is 19.6 Å². The number of hydrogen-bond acceptors (Lipinski definition) is 3. The van der Waals surface area contributed by atoms with E-state index in [9.17, 15) is 0 Å². The Morgan fingerprint density at radius 3 is 2.52 bits per heavy atom. The summed E-state index contributed by atoms with van der Waals surface area (Å²) in [5, 5.41) is 3.43. The number of rotatable bonds is 7. The third-order valence-corrected chi connectivity index (χ3v) is 4.28. The van der Waals surface area contributed by atoms with Crippen LogP contribution in [0.15, 0.2) is 27.8 Å². The molecule has 0 aromatic carbocycles. The highest BCUT2D eigenvalue weighted by Gasteiger charge is 2.22. The van der Waals surface area contributed by atoms with Crippen molar-refractivity contribution in [1.82, 2.24) is 15.1 Å². The number of hydrogen-bond donors (Lipinski definition) is 1. The van der Waals surface area contributed by atoms with Crippen LogP contribution in [0.25, 0.3) is 0 Å². The van der Waals surface area contributed by atoms with Crippen LogP contribution in [0.5, 0.6) is 0 Å². The van der Waals surface area contributed by atoms with E-state index >= 15 is 0 Å². The van der Waals surface area contributed by atoms with E-state index in [4.69, 9.17) is 9.41 Å². The van der Waals surface area contributed by atoms with Gasteiger partial charge in [-0.25, -0.2) is 0 Å². The summed E-state index contributed by atoms with van der Waals surface area (Å²) < 4.78 is 5.65. The Morgan fingerprint density at radius 2 is 2.00 bits per heavy atom. The van der Waals surface area contributed by atoms with Gasteiger partial charge in [-0.2, -0.15) is 0 Å². The second-order valence-corrected chi connectivity index (χ2v) is 5.64. The van der Waals surface area contributed by atoms with Gasteiger partial charge in [0.25, 0.3) is 0 Å². The number of guanidine groups is 1. The minimum absolute atomic E-state index is 0. The van der Waals surface area contributed by atoms with Crippen molar-refractivity contribution in [3.8, 4) is 0 Å². The first-order chi connectivity index (χ1) is 10.8. The lowest BCUT2D eigenvalue weighted by Crippen LogP contribution is -2.40. The van der Waals surface area contributed by atoms with Crippen molar-refractivity contribution in [3.63, 3.8) is 0 Å². The van der Waals surface area contributed by atoms with Crippen LogP contribution >= 0.6 is 24.0 Å². The topological polar surface area (TPSA) is 44.0 Å². The minimum atomic E-state index is 0. The third kappa shape index (κ3) is 5.67. The number of nitrogens with zero attached hydrogens (tertiary/aromatic N) is 3. The lowest BCUT2D eigenvalue weighted by Gasteiger charge is -2.28. The highest BCUT2D eigenvalue weighted by Crippen LogP contribution is 2.21. The zero-order valence-electron chi connectivity index (χ0n) is 14.6. The van der Waals surface area contributed by atoms with Crippen molar-refractivity contribution in [1.29, 1.82) is 0 Å². The van der Waals surface area contributed by atoms with E-state index < -0.39 is 0 Å². The molecule has 1 aromatic heterocycles. The molecule has 6 heteroatoms. The zero-order chi connectivity index (χ0) is 15.8. The normalized spacial score (nSPS) is 16.5. The lowest BCUT2D eigenvalue weighted by atomic mass is 10.2. The molecule has 1 unspecified atom stereocenters. The van der Waals surface area contributed by atoms with Crippen LogP contribution in [-0.4, -0.2) is 55.0 Å². The molecule has 1 aromatic rings. The van der Waals surface area contributed by atoms with Crippen LogP contribution in [-0.2, 0) is 0 Å². The van der Waals surface area contributed by atoms with Gasteiger partial charge in [-0.3, -0.25) is 9.89 Å². The Balaban J connectivity index is 0.00000264. The molecule has 1 saturated heterocycles. The number of halogens is 1. The molecule has 0 spiro atoms. The van der Waals surface area contributed by atoms with Crippen molar-refractivity contribution in [2.24, 2.45) is 4.99 Å². The first kappa shape index (κ1) is 20.3. The van der Waals surface area contributed by atoms with E-state index in [1.165, 1.54) is 12.8 Å². The predicted octanol–water partition coefficient (Wildman–Crippen LogP) is 3.34. The van der Waals surface area contributed by atoms with Crippen LogP contribution in [0.3, 0.4) is 0 Å². The van der Waals surface area contributed by atoms with Crippen molar-refractivity contribution < 1.29 is 4.42 Å². The highest BCUT2D eigenvalue weighted by atomic mass is 127. The molecule has 2 rings (SSSR count). The molecule has 1 N–H and O–H groups in total. The summed E-state index contributed by atoms with van der Waals surface area (Å²) in [7, 11) is 0. The summed E-state index contributed by atoms with van der Waals surface area (Å²) in [4.78, 5) is 9.66. The van der Waals surface area contributed by atoms with Gasteiger partial charge in [-0.1, -0.05) is 13.8 Å². The first-order valence-electron chi connectivity index (χ1n) is 8.60. The van der Waals surface area contributed by atoms with E-state index in [1.807, 2.05) is 6.07 Å². The monoisotopic (exact) mass is 434 g/mol. The van der Waals surface area contributed by atoms with Gasteiger partial charge in [-0.05, 0) is 45.0 Å². The van der Waals surface area contributed by atoms with Gasteiger partial charge < -0.3 is 14.6 Å². The molecule has 0 aliphatic carbocycles. The zero-order valence-corrected chi connectivity index (χ0v) is 17.0. The highest BCUT2D eigenvalue weighted by molar-refractivity contribution is 14.0. The Kier molecular flexibility index (Phi) is 9.62. The van der Waals surface area contributed by atoms with Gasteiger partial charge in [0.1, 0.15) is 5.76 Å². The largest absolute Gasteiger partial charge is 0.468 e. The Hall–Kier alpha value is -0.760. The smallest absolute Gasteiger partial charge is 0.193 e. The van der Waals surface area contributed by atoms with E-state index in [2.05, 4.69) is 42.0 Å². The lowest BCUT2D eigenvalue weighted by molar-refractivity contribution is 0.198. The van der Waals surface area contributed by atoms with Crippen molar-refractivity contribution in [2.75, 3.05) is 39.3 Å². The molecule has 0 amide bonds. The quantitative estimate of drug-likeness (QED) is 0.406. The number of furan rings is 1. The maximum absolute atomic E-state index is 5.65. The van der Waals surface area contributed by atoms with E-state index in [0.29, 0.717) is 0 Å². The average molecular weight is 434 g/mol. The molecular formula is C17H31IN4O. The van der Waals surface area contributed by atoms with E-state index in [0.717, 1.165) is 51.0 Å². The fraction of sp³-hybridized carbons (Fsp3) is 0.706. The summed E-state index contributed by atoms with van der Waals surface area (Å²) in [6.45, 7) is 12.4. The molecule has 1 aliphatic heterocycles. The van der Waals surface area contributed by atoms with E-state index in [1.54, 1.807) is 6.26 Å². The van der Waals surface area contributed by atoms with Crippen molar-refractivity contribution in [2.45, 2.75) is 39.7 Å². The fourth-order valence-electron chi connectivity index (χ4n) is 3.06. The van der Waals surface area contributed by atoms with Crippen LogP contribution in [0.1, 0.15) is 45.4 Å². The van der Waals surface area contributed by atoms with Gasteiger partial charge in [0.15, 0.2) is 5.96 Å². The maximum Gasteiger partial charge on any atom is 0.193 e. The van der Waals surface area contributed by atoms with Crippen LogP contribution in [0.4, 0.5) is 0 Å². The van der Waals surface area contributed by atoms with Crippen molar-refractivity contribution >= 4 is 29.9 Å². The maximum atomic E-state index is 5.65. The molecule has 2 heterocycles. The summed E-state index contributed by atoms with van der Waals surface area (Å²) in [6.07, 6.45) is 4.28. The first-order valence-corrected chi connectivity index (χ1v) is 8.60. The third-order valence-electron chi connectivity index (χ3n) is 4.28. The van der Waals surface area contributed by atoms with Gasteiger partial charge >= 0.3 is 0 Å². The van der Waals surface area contributed by atoms with Crippen LogP contribution in [0, 0.1) is 0 Å². The Bertz CT molecular complexity index is 439. The minimum Gasteiger partial charge on any atom is -0.468 e. The molecule has 0 radical (unpaired) electrons. The van der Waals surface area contributed by atoms with Gasteiger partial charge in [0.05, 0.1) is 18.8 Å². The molecule has 132 valence electrons. The molecule has 1 atom stereocenters. The molecule has 5 nitrogen and oxygen atoms in total. The van der Waals surface area contributed by atoms with E-state index in [-0.39, 0.29) is 30.0 Å². The van der Waals surface area contributed by atoms with Crippen LogP contribution < -0.4 is 5.32 Å². The molecule has 0 bridgehead atoms. The van der Waals surface area contributed by atoms with Crippen LogP contribution in [0.2, 0.25) is 0 Å². The summed E-state index contributed by atoms with van der Waals surface area (Å²) in [6, 6.07) is 4.23. The molecular weight excluding hydrogens is 403 g/mol. The summed E-state index contributed by atoms with van der Waals surface area (Å²) in [5.74, 6) is 2.05. The number of nitrogens with one attached hydrogen (secondary N) is 1. The Morgan fingerprint density at radius 1 is 1.30 bits per heavy atom. The Labute approximate surface area is 157 Å². The summed E-state index contributed by atoms with van der Waals surface area (Å²) >= 11 is 0. The number of likely N-dealkylation sites (tertiary alicyclic amines) is 1. The second kappa shape index (κ2) is 10.9. The number of aliphatic imine (C=N–C) groups is 1. The SMILES string of the molecule is CCNC(=NCC(c1ccco1)N(CC)CC)N1CCCC1.I. The summed E-state index contributed by atoms with van der Waals surface area (Å²) in [5.41, 5.74) is 0. The number of likely N-dealkylation sites (N-methyl/N-ethyl adjacent to an activating group) is 1. The standard InChI is InChI=1S/C17H30N4O.HI/c1-4-18-17(21-11-7-8-12-21)19-14-15(20(5-2)6-3)16-10-9-13-22-16;/h9-10,13,15H,4-8,11-12,14H2,1-3H3,(H,18,19);1H. The predicted molar refractivity (Wildman–Crippen MR) is 107 cm³/mol. The average Bonchev–Trinajstić information content (AvgIpc) is 3.23.